The van der Waals surface area contributed by atoms with Crippen molar-refractivity contribution in [2.24, 2.45) is 0 Å². The van der Waals surface area contributed by atoms with Crippen LogP contribution in [-0.2, 0) is 0 Å². The molecule has 78 valence electrons. The normalized spacial score (nSPS) is 11.1. The first-order valence-corrected chi connectivity index (χ1v) is 5.88. The summed E-state index contributed by atoms with van der Waals surface area (Å²) in [6.45, 7) is 4.37. The molecule has 2 N–H and O–H groups in total. The zero-order chi connectivity index (χ0) is 10.8. The Bertz CT molecular complexity index is 485. The summed E-state index contributed by atoms with van der Waals surface area (Å²) in [5.74, 6) is 0.476. The second-order valence-corrected chi connectivity index (χ2v) is 4.68. The van der Waals surface area contributed by atoms with Crippen LogP contribution in [-0.4, -0.2) is 10.5 Å². The molecule has 0 spiro atoms. The molecule has 0 bridgehead atoms. The van der Waals surface area contributed by atoms with Crippen LogP contribution in [0.4, 0.5) is 0 Å². The van der Waals surface area contributed by atoms with Crippen LogP contribution in [0.5, 0.6) is 0 Å². The molecule has 0 saturated heterocycles. The molecular formula is C12H14N2S. The standard InChI is InChI=1S/C12H14N2S/c1-8(2)11-9-5-3-4-6-10(9)14-12(11)15-7-13/h3-8,13-14H,1-2H3. The first-order valence-electron chi connectivity index (χ1n) is 5.00. The smallest absolute Gasteiger partial charge is 0.0824 e. The van der Waals surface area contributed by atoms with Crippen molar-refractivity contribution in [2.75, 3.05) is 0 Å². The third-order valence-electron chi connectivity index (χ3n) is 2.46. The highest BCUT2D eigenvalue weighted by atomic mass is 32.2. The van der Waals surface area contributed by atoms with Crippen molar-refractivity contribution in [3.8, 4) is 0 Å². The van der Waals surface area contributed by atoms with Crippen LogP contribution in [0.1, 0.15) is 25.3 Å². The summed E-state index contributed by atoms with van der Waals surface area (Å²) < 4.78 is 0. The Morgan fingerprint density at radius 2 is 2.07 bits per heavy atom. The van der Waals surface area contributed by atoms with Gasteiger partial charge in [0.2, 0.25) is 0 Å². The van der Waals surface area contributed by atoms with E-state index in [1.54, 1.807) is 0 Å². The highest BCUT2D eigenvalue weighted by molar-refractivity contribution is 8.12. The predicted octanol–water partition coefficient (Wildman–Crippen LogP) is 3.99. The molecule has 1 aromatic heterocycles. The fourth-order valence-electron chi connectivity index (χ4n) is 1.86. The number of thioether (sulfide) groups is 1. The van der Waals surface area contributed by atoms with Crippen LogP contribution < -0.4 is 0 Å². The van der Waals surface area contributed by atoms with Crippen LogP contribution in [0.15, 0.2) is 29.3 Å². The maximum Gasteiger partial charge on any atom is 0.0824 e. The van der Waals surface area contributed by atoms with Gasteiger partial charge < -0.3 is 10.4 Å². The molecule has 0 radical (unpaired) electrons. The molecule has 0 aliphatic rings. The number of hydrogen-bond acceptors (Lipinski definition) is 2. The van der Waals surface area contributed by atoms with Gasteiger partial charge in [0.15, 0.2) is 0 Å². The summed E-state index contributed by atoms with van der Waals surface area (Å²) in [7, 11) is 0. The summed E-state index contributed by atoms with van der Waals surface area (Å²) >= 11 is 1.44. The molecule has 15 heavy (non-hydrogen) atoms. The second kappa shape index (κ2) is 4.11. The van der Waals surface area contributed by atoms with E-state index >= 15 is 0 Å². The Kier molecular flexibility index (Phi) is 2.82. The van der Waals surface area contributed by atoms with E-state index in [0.29, 0.717) is 5.92 Å². The number of hydrogen-bond donors (Lipinski definition) is 2. The van der Waals surface area contributed by atoms with Crippen LogP contribution in [0.25, 0.3) is 10.9 Å². The van der Waals surface area contributed by atoms with Crippen molar-refractivity contribution in [1.82, 2.24) is 4.98 Å². The van der Waals surface area contributed by atoms with Gasteiger partial charge in [-0.25, -0.2) is 0 Å². The van der Waals surface area contributed by atoms with Crippen LogP contribution in [0.2, 0.25) is 0 Å². The second-order valence-electron chi connectivity index (χ2n) is 3.80. The zero-order valence-corrected chi connectivity index (χ0v) is 9.69. The lowest BCUT2D eigenvalue weighted by atomic mass is 10.0. The summed E-state index contributed by atoms with van der Waals surface area (Å²) in [4.78, 5) is 3.36. The van der Waals surface area contributed by atoms with Gasteiger partial charge in [0.25, 0.3) is 0 Å². The largest absolute Gasteiger partial charge is 0.349 e. The molecule has 0 saturated carbocycles. The molecule has 2 nitrogen and oxygen atoms in total. The Morgan fingerprint density at radius 3 is 2.73 bits per heavy atom. The van der Waals surface area contributed by atoms with Gasteiger partial charge in [-0.2, -0.15) is 0 Å². The van der Waals surface area contributed by atoms with E-state index < -0.39 is 0 Å². The Balaban J connectivity index is 2.68. The zero-order valence-electron chi connectivity index (χ0n) is 8.87. The van der Waals surface area contributed by atoms with E-state index in [9.17, 15) is 0 Å². The van der Waals surface area contributed by atoms with Gasteiger partial charge in [-0.05, 0) is 17.5 Å². The first-order chi connectivity index (χ1) is 7.24. The molecule has 2 aromatic rings. The van der Waals surface area contributed by atoms with Gasteiger partial charge in [0, 0.05) is 10.9 Å². The average molecular weight is 218 g/mol. The monoisotopic (exact) mass is 218 g/mol. The minimum atomic E-state index is 0.476. The molecule has 0 aliphatic carbocycles. The molecule has 0 fully saturated rings. The first kappa shape index (κ1) is 10.3. The van der Waals surface area contributed by atoms with Gasteiger partial charge >= 0.3 is 0 Å². The Hall–Kier alpha value is -1.22. The number of benzene rings is 1. The summed E-state index contributed by atoms with van der Waals surface area (Å²) in [6.07, 6.45) is 0. The Morgan fingerprint density at radius 1 is 1.33 bits per heavy atom. The van der Waals surface area contributed by atoms with E-state index in [4.69, 9.17) is 5.41 Å². The number of H-pyrrole nitrogens is 1. The van der Waals surface area contributed by atoms with Gasteiger partial charge in [0.05, 0.1) is 10.6 Å². The number of aromatic amines is 1. The van der Waals surface area contributed by atoms with E-state index in [0.717, 1.165) is 10.5 Å². The molecule has 0 unspecified atom stereocenters. The van der Waals surface area contributed by atoms with E-state index in [1.807, 2.05) is 6.07 Å². The molecule has 0 aliphatic heterocycles. The minimum absolute atomic E-state index is 0.476. The number of para-hydroxylation sites is 1. The van der Waals surface area contributed by atoms with E-state index in [-0.39, 0.29) is 0 Å². The number of fused-ring (bicyclic) bond motifs is 1. The summed E-state index contributed by atoms with van der Waals surface area (Å²) in [5.41, 5.74) is 3.85. The third kappa shape index (κ3) is 1.79. The molecule has 0 atom stereocenters. The van der Waals surface area contributed by atoms with Crippen LogP contribution >= 0.6 is 11.8 Å². The van der Waals surface area contributed by atoms with Crippen molar-refractivity contribution < 1.29 is 0 Å². The lowest BCUT2D eigenvalue weighted by molar-refractivity contribution is 0.846. The van der Waals surface area contributed by atoms with E-state index in [2.05, 4.69) is 37.0 Å². The van der Waals surface area contributed by atoms with Crippen molar-refractivity contribution in [3.05, 3.63) is 29.8 Å². The van der Waals surface area contributed by atoms with Gasteiger partial charge in [-0.1, -0.05) is 43.8 Å². The highest BCUT2D eigenvalue weighted by Gasteiger charge is 2.13. The molecule has 1 aromatic carbocycles. The molecular weight excluding hydrogens is 204 g/mol. The maximum absolute atomic E-state index is 7.17. The lowest BCUT2D eigenvalue weighted by Gasteiger charge is -2.05. The number of aromatic nitrogens is 1. The highest BCUT2D eigenvalue weighted by Crippen LogP contribution is 2.33. The predicted molar refractivity (Wildman–Crippen MR) is 67.0 cm³/mol. The summed E-state index contributed by atoms with van der Waals surface area (Å²) in [5, 5.41) is 9.54. The van der Waals surface area contributed by atoms with Gasteiger partial charge in [0.1, 0.15) is 0 Å². The number of rotatable bonds is 3. The topological polar surface area (TPSA) is 39.6 Å². The maximum atomic E-state index is 7.17. The van der Waals surface area contributed by atoms with Crippen molar-refractivity contribution in [3.63, 3.8) is 0 Å². The minimum Gasteiger partial charge on any atom is -0.349 e. The average Bonchev–Trinajstić information content (AvgIpc) is 2.56. The SMILES string of the molecule is CC(C)c1c(SC=N)[nH]c2ccccc12. The van der Waals surface area contributed by atoms with E-state index in [1.165, 1.54) is 28.3 Å². The fourth-order valence-corrected chi connectivity index (χ4v) is 2.62. The quantitative estimate of drug-likeness (QED) is 0.456. The van der Waals surface area contributed by atoms with Crippen LogP contribution in [0, 0.1) is 5.41 Å². The fraction of sp³-hybridized carbons (Fsp3) is 0.250. The molecule has 1 heterocycles. The third-order valence-corrected chi connectivity index (χ3v) is 3.14. The summed E-state index contributed by atoms with van der Waals surface area (Å²) in [6, 6.07) is 8.30. The number of nitrogens with one attached hydrogen (secondary N) is 2. The van der Waals surface area contributed by atoms with Crippen molar-refractivity contribution in [1.29, 1.82) is 5.41 Å². The van der Waals surface area contributed by atoms with Crippen molar-refractivity contribution in [2.45, 2.75) is 24.8 Å². The molecule has 0 amide bonds. The van der Waals surface area contributed by atoms with Gasteiger partial charge in [-0.3, -0.25) is 0 Å². The van der Waals surface area contributed by atoms with Crippen LogP contribution in [0.3, 0.4) is 0 Å². The van der Waals surface area contributed by atoms with Crippen molar-refractivity contribution >= 4 is 28.2 Å². The molecule has 2 rings (SSSR count). The lowest BCUT2D eigenvalue weighted by Crippen LogP contribution is -1.87. The Labute approximate surface area is 93.6 Å². The van der Waals surface area contributed by atoms with Gasteiger partial charge in [-0.15, -0.1) is 0 Å². The molecule has 3 heteroatoms.